The molecule has 0 heterocycles. The average molecular weight is 345 g/mol. The highest BCUT2D eigenvalue weighted by Gasteiger charge is 2.36. The van der Waals surface area contributed by atoms with E-state index in [-0.39, 0.29) is 22.2 Å². The molecule has 0 radical (unpaired) electrons. The van der Waals surface area contributed by atoms with E-state index in [9.17, 15) is 23.4 Å². The third kappa shape index (κ3) is 3.88. The van der Waals surface area contributed by atoms with Gasteiger partial charge in [0.25, 0.3) is 0 Å². The smallest absolute Gasteiger partial charge is 0.390 e. The van der Waals surface area contributed by atoms with Gasteiger partial charge in [-0.25, -0.2) is 0 Å². The van der Waals surface area contributed by atoms with Crippen LogP contribution in [0.4, 0.5) is 13.2 Å². The quantitative estimate of drug-likeness (QED) is 0.734. The molecule has 1 aromatic rings. The lowest BCUT2D eigenvalue weighted by molar-refractivity contribution is -0.140. The van der Waals surface area contributed by atoms with E-state index in [1.54, 1.807) is 0 Å². The average Bonchev–Trinajstić information content (AvgIpc) is 2.27. The summed E-state index contributed by atoms with van der Waals surface area (Å²) in [6, 6.07) is 3.42. The summed E-state index contributed by atoms with van der Waals surface area (Å²) in [7, 11) is 0. The third-order valence-corrected chi connectivity index (χ3v) is 3.18. The molecule has 1 aromatic carbocycles. The van der Waals surface area contributed by atoms with Crippen molar-refractivity contribution in [1.29, 1.82) is 0 Å². The summed E-state index contributed by atoms with van der Waals surface area (Å²) in [5.41, 5.74) is -1.29. The maximum absolute atomic E-state index is 12.8. The van der Waals surface area contributed by atoms with Gasteiger partial charge < -0.3 is 10.2 Å². The molecule has 0 aliphatic carbocycles. The Morgan fingerprint density at radius 3 is 2.39 bits per heavy atom. The molecular formula is C11H12BrF3O2S. The predicted octanol–water partition coefficient (Wildman–Crippen LogP) is 3.18. The lowest BCUT2D eigenvalue weighted by Gasteiger charge is -2.21. The van der Waals surface area contributed by atoms with Gasteiger partial charge in [-0.05, 0) is 29.9 Å². The van der Waals surface area contributed by atoms with Crippen molar-refractivity contribution in [2.24, 2.45) is 0 Å². The van der Waals surface area contributed by atoms with Crippen LogP contribution < -0.4 is 0 Å². The number of alkyl halides is 3. The SMILES string of the molecule is OC(CCS)C(O)c1ccc(Br)cc1C(F)(F)F. The van der Waals surface area contributed by atoms with Crippen LogP contribution in [0.15, 0.2) is 22.7 Å². The summed E-state index contributed by atoms with van der Waals surface area (Å²) in [4.78, 5) is 0. The Kier molecular flexibility index (Phi) is 5.51. The fourth-order valence-electron chi connectivity index (χ4n) is 1.53. The highest BCUT2D eigenvalue weighted by atomic mass is 79.9. The minimum atomic E-state index is -4.58. The largest absolute Gasteiger partial charge is 0.416 e. The summed E-state index contributed by atoms with van der Waals surface area (Å²) in [5.74, 6) is 0.274. The number of aliphatic hydroxyl groups is 2. The van der Waals surface area contributed by atoms with Crippen molar-refractivity contribution in [1.82, 2.24) is 0 Å². The standard InChI is InChI=1S/C11H12BrF3O2S/c12-6-1-2-7(8(5-6)11(13,14)15)10(17)9(16)3-4-18/h1-2,5,9-10,16-18H,3-4H2. The van der Waals surface area contributed by atoms with E-state index in [0.29, 0.717) is 0 Å². The van der Waals surface area contributed by atoms with Gasteiger partial charge in [-0.1, -0.05) is 22.0 Å². The van der Waals surface area contributed by atoms with Crippen LogP contribution in [0.5, 0.6) is 0 Å². The molecule has 0 spiro atoms. The molecule has 0 aromatic heterocycles. The minimum Gasteiger partial charge on any atom is -0.390 e. The van der Waals surface area contributed by atoms with Gasteiger partial charge in [0.05, 0.1) is 11.7 Å². The summed E-state index contributed by atoms with van der Waals surface area (Å²) in [6.07, 6.45) is -7.33. The van der Waals surface area contributed by atoms with E-state index in [1.165, 1.54) is 6.07 Å². The van der Waals surface area contributed by atoms with Crippen LogP contribution in [0.25, 0.3) is 0 Å². The normalized spacial score (nSPS) is 15.5. The van der Waals surface area contributed by atoms with Crippen LogP contribution in [0.2, 0.25) is 0 Å². The number of hydrogen-bond donors (Lipinski definition) is 3. The second-order valence-electron chi connectivity index (χ2n) is 3.75. The Labute approximate surface area is 116 Å². The number of benzene rings is 1. The molecule has 1 rings (SSSR count). The van der Waals surface area contributed by atoms with E-state index in [0.717, 1.165) is 12.1 Å². The predicted molar refractivity (Wildman–Crippen MR) is 68.6 cm³/mol. The zero-order valence-corrected chi connectivity index (χ0v) is 11.6. The van der Waals surface area contributed by atoms with Gasteiger partial charge >= 0.3 is 6.18 Å². The molecule has 0 amide bonds. The monoisotopic (exact) mass is 344 g/mol. The first kappa shape index (κ1) is 15.8. The zero-order chi connectivity index (χ0) is 13.9. The number of hydrogen-bond acceptors (Lipinski definition) is 3. The van der Waals surface area contributed by atoms with Crippen LogP contribution in [0.1, 0.15) is 23.7 Å². The van der Waals surface area contributed by atoms with Crippen LogP contribution >= 0.6 is 28.6 Å². The van der Waals surface area contributed by atoms with Crippen LogP contribution in [0, 0.1) is 0 Å². The second kappa shape index (κ2) is 6.27. The molecule has 0 aliphatic rings. The first-order chi connectivity index (χ1) is 8.27. The van der Waals surface area contributed by atoms with E-state index < -0.39 is 23.9 Å². The van der Waals surface area contributed by atoms with Crippen LogP contribution in [-0.4, -0.2) is 22.1 Å². The molecular weight excluding hydrogens is 333 g/mol. The highest BCUT2D eigenvalue weighted by molar-refractivity contribution is 9.10. The third-order valence-electron chi connectivity index (χ3n) is 2.43. The van der Waals surface area contributed by atoms with Crippen molar-refractivity contribution in [3.63, 3.8) is 0 Å². The van der Waals surface area contributed by atoms with Gasteiger partial charge in [0, 0.05) is 4.47 Å². The van der Waals surface area contributed by atoms with E-state index in [2.05, 4.69) is 28.6 Å². The van der Waals surface area contributed by atoms with E-state index in [4.69, 9.17) is 0 Å². The molecule has 2 nitrogen and oxygen atoms in total. The molecule has 0 saturated heterocycles. The van der Waals surface area contributed by atoms with Gasteiger partial charge in [-0.2, -0.15) is 25.8 Å². The fourth-order valence-corrected chi connectivity index (χ4v) is 2.15. The first-order valence-corrected chi connectivity index (χ1v) is 6.53. The Hall–Kier alpha value is -0.240. The molecule has 2 atom stereocenters. The summed E-state index contributed by atoms with van der Waals surface area (Å²) < 4.78 is 38.7. The van der Waals surface area contributed by atoms with Crippen molar-refractivity contribution in [2.75, 3.05) is 5.75 Å². The fraction of sp³-hybridized carbons (Fsp3) is 0.455. The number of rotatable bonds is 4. The number of aliphatic hydroxyl groups excluding tert-OH is 2. The summed E-state index contributed by atoms with van der Waals surface area (Å²) in [6.45, 7) is 0. The lowest BCUT2D eigenvalue weighted by atomic mass is 9.97. The van der Waals surface area contributed by atoms with Crippen molar-refractivity contribution < 1.29 is 23.4 Å². The Balaban J connectivity index is 3.15. The molecule has 0 fully saturated rings. The molecule has 18 heavy (non-hydrogen) atoms. The summed E-state index contributed by atoms with van der Waals surface area (Å²) >= 11 is 6.81. The van der Waals surface area contributed by atoms with Crippen LogP contribution in [-0.2, 0) is 6.18 Å². The van der Waals surface area contributed by atoms with E-state index >= 15 is 0 Å². The van der Waals surface area contributed by atoms with Crippen molar-refractivity contribution in [2.45, 2.75) is 24.8 Å². The van der Waals surface area contributed by atoms with Gasteiger partial charge in [0.2, 0.25) is 0 Å². The lowest BCUT2D eigenvalue weighted by Crippen LogP contribution is -2.22. The van der Waals surface area contributed by atoms with Gasteiger partial charge in [-0.3, -0.25) is 0 Å². The van der Waals surface area contributed by atoms with Gasteiger partial charge in [0.15, 0.2) is 0 Å². The Bertz CT molecular complexity index is 412. The molecule has 2 N–H and O–H groups in total. The maximum atomic E-state index is 12.8. The van der Waals surface area contributed by atoms with Gasteiger partial charge in [-0.15, -0.1) is 0 Å². The molecule has 0 bridgehead atoms. The highest BCUT2D eigenvalue weighted by Crippen LogP contribution is 2.37. The number of thiol groups is 1. The number of halogens is 4. The molecule has 0 aliphatic heterocycles. The van der Waals surface area contributed by atoms with Crippen LogP contribution in [0.3, 0.4) is 0 Å². The summed E-state index contributed by atoms with van der Waals surface area (Å²) in [5, 5.41) is 19.3. The minimum absolute atomic E-state index is 0.109. The molecule has 7 heteroatoms. The van der Waals surface area contributed by atoms with Crippen molar-refractivity contribution in [3.05, 3.63) is 33.8 Å². The molecule has 0 saturated carbocycles. The zero-order valence-electron chi connectivity index (χ0n) is 9.15. The topological polar surface area (TPSA) is 40.5 Å². The first-order valence-electron chi connectivity index (χ1n) is 5.11. The molecule has 102 valence electrons. The maximum Gasteiger partial charge on any atom is 0.416 e. The Morgan fingerprint density at radius 2 is 1.89 bits per heavy atom. The Morgan fingerprint density at radius 1 is 1.28 bits per heavy atom. The van der Waals surface area contributed by atoms with Crippen molar-refractivity contribution in [3.8, 4) is 0 Å². The van der Waals surface area contributed by atoms with Crippen molar-refractivity contribution >= 4 is 28.6 Å². The van der Waals surface area contributed by atoms with E-state index in [1.807, 2.05) is 0 Å². The second-order valence-corrected chi connectivity index (χ2v) is 5.12. The molecule has 2 unspecified atom stereocenters. The van der Waals surface area contributed by atoms with Gasteiger partial charge in [0.1, 0.15) is 6.10 Å².